The van der Waals surface area contributed by atoms with Gasteiger partial charge in [0.1, 0.15) is 0 Å². The van der Waals surface area contributed by atoms with Crippen LogP contribution in [-0.4, -0.2) is 49.8 Å². The summed E-state index contributed by atoms with van der Waals surface area (Å²) in [6.45, 7) is 10.1. The first-order valence-electron chi connectivity index (χ1n) is 6.32. The van der Waals surface area contributed by atoms with Crippen LogP contribution < -0.4 is 5.32 Å². The summed E-state index contributed by atoms with van der Waals surface area (Å²) in [4.78, 5) is 2.51. The lowest BCUT2D eigenvalue weighted by atomic mass is 10.2. The quantitative estimate of drug-likeness (QED) is 0.691. The van der Waals surface area contributed by atoms with E-state index in [9.17, 15) is 0 Å². The molecule has 0 amide bonds. The number of ether oxygens (including phenoxy) is 1. The minimum atomic E-state index is 0.400. The van der Waals surface area contributed by atoms with Crippen molar-refractivity contribution in [3.63, 3.8) is 0 Å². The molecule has 88 valence electrons. The van der Waals surface area contributed by atoms with Crippen LogP contribution in [-0.2, 0) is 4.74 Å². The van der Waals surface area contributed by atoms with E-state index in [2.05, 4.69) is 24.1 Å². The van der Waals surface area contributed by atoms with Crippen molar-refractivity contribution in [1.82, 2.24) is 10.2 Å². The molecule has 3 nitrogen and oxygen atoms in total. The SMILES string of the molecule is C[C@@H]1CN(CCNCC2CC2)C[C@H](C)O1. The van der Waals surface area contributed by atoms with Gasteiger partial charge in [0.15, 0.2) is 0 Å². The van der Waals surface area contributed by atoms with E-state index in [4.69, 9.17) is 4.74 Å². The van der Waals surface area contributed by atoms with Crippen molar-refractivity contribution in [1.29, 1.82) is 0 Å². The van der Waals surface area contributed by atoms with E-state index >= 15 is 0 Å². The number of rotatable bonds is 5. The molecule has 1 aliphatic carbocycles. The molecule has 1 aliphatic heterocycles. The summed E-state index contributed by atoms with van der Waals surface area (Å²) in [7, 11) is 0. The fourth-order valence-corrected chi connectivity index (χ4v) is 2.33. The van der Waals surface area contributed by atoms with E-state index in [0.717, 1.165) is 25.6 Å². The van der Waals surface area contributed by atoms with Gasteiger partial charge in [0.05, 0.1) is 12.2 Å². The van der Waals surface area contributed by atoms with Gasteiger partial charge in [0, 0.05) is 26.2 Å². The zero-order valence-corrected chi connectivity index (χ0v) is 10.0. The molecule has 2 fully saturated rings. The Morgan fingerprint density at radius 3 is 2.47 bits per heavy atom. The number of morpholine rings is 1. The molecular weight excluding hydrogens is 188 g/mol. The van der Waals surface area contributed by atoms with Gasteiger partial charge in [0.25, 0.3) is 0 Å². The maximum Gasteiger partial charge on any atom is 0.0678 e. The first-order chi connectivity index (χ1) is 7.24. The van der Waals surface area contributed by atoms with E-state index in [-0.39, 0.29) is 0 Å². The van der Waals surface area contributed by atoms with Crippen LogP contribution in [0, 0.1) is 5.92 Å². The molecule has 0 aromatic carbocycles. The zero-order chi connectivity index (χ0) is 10.7. The molecule has 0 spiro atoms. The molecule has 1 heterocycles. The molecule has 0 bridgehead atoms. The Hall–Kier alpha value is -0.120. The molecule has 0 aromatic rings. The van der Waals surface area contributed by atoms with Crippen molar-refractivity contribution in [2.45, 2.75) is 38.9 Å². The van der Waals surface area contributed by atoms with Crippen molar-refractivity contribution in [2.75, 3.05) is 32.7 Å². The fourth-order valence-electron chi connectivity index (χ4n) is 2.33. The van der Waals surface area contributed by atoms with E-state index < -0.39 is 0 Å². The van der Waals surface area contributed by atoms with Crippen LogP contribution in [0.5, 0.6) is 0 Å². The van der Waals surface area contributed by atoms with Crippen LogP contribution in [0.4, 0.5) is 0 Å². The Labute approximate surface area is 93.2 Å². The fraction of sp³-hybridized carbons (Fsp3) is 1.00. The molecule has 1 N–H and O–H groups in total. The highest BCUT2D eigenvalue weighted by Gasteiger charge is 2.22. The second-order valence-electron chi connectivity index (χ2n) is 5.16. The summed E-state index contributed by atoms with van der Waals surface area (Å²) in [5.41, 5.74) is 0. The Morgan fingerprint density at radius 2 is 1.87 bits per heavy atom. The molecule has 2 aliphatic rings. The molecule has 2 rings (SSSR count). The third-order valence-corrected chi connectivity index (χ3v) is 3.23. The van der Waals surface area contributed by atoms with E-state index in [1.54, 1.807) is 0 Å². The lowest BCUT2D eigenvalue weighted by Crippen LogP contribution is -2.47. The number of nitrogens with one attached hydrogen (secondary N) is 1. The predicted molar refractivity (Wildman–Crippen MR) is 62.0 cm³/mol. The first-order valence-corrected chi connectivity index (χ1v) is 6.32. The highest BCUT2D eigenvalue weighted by atomic mass is 16.5. The topological polar surface area (TPSA) is 24.5 Å². The molecule has 2 atom stereocenters. The summed E-state index contributed by atoms with van der Waals surface area (Å²) < 4.78 is 5.71. The lowest BCUT2D eigenvalue weighted by molar-refractivity contribution is -0.0674. The zero-order valence-electron chi connectivity index (χ0n) is 10.0. The van der Waals surface area contributed by atoms with Gasteiger partial charge < -0.3 is 10.1 Å². The van der Waals surface area contributed by atoms with Crippen LogP contribution in [0.3, 0.4) is 0 Å². The molecular formula is C12H24N2O. The van der Waals surface area contributed by atoms with Gasteiger partial charge in [-0.15, -0.1) is 0 Å². The van der Waals surface area contributed by atoms with E-state index in [1.165, 1.54) is 25.9 Å². The standard InChI is InChI=1S/C12H24N2O/c1-10-8-14(9-11(2)15-10)6-5-13-7-12-3-4-12/h10-13H,3-9H2,1-2H3/t10-,11+. The molecule has 0 radical (unpaired) electrons. The normalized spacial score (nSPS) is 33.2. The van der Waals surface area contributed by atoms with Crippen LogP contribution >= 0.6 is 0 Å². The summed E-state index contributed by atoms with van der Waals surface area (Å²) in [6.07, 6.45) is 3.69. The van der Waals surface area contributed by atoms with Gasteiger partial charge in [-0.25, -0.2) is 0 Å². The average Bonchev–Trinajstić information content (AvgIpc) is 2.94. The first kappa shape index (κ1) is 11.4. The predicted octanol–water partition coefficient (Wildman–Crippen LogP) is 1.10. The minimum Gasteiger partial charge on any atom is -0.373 e. The third-order valence-electron chi connectivity index (χ3n) is 3.23. The summed E-state index contributed by atoms with van der Waals surface area (Å²) >= 11 is 0. The van der Waals surface area contributed by atoms with Gasteiger partial charge in [-0.3, -0.25) is 4.90 Å². The minimum absolute atomic E-state index is 0.400. The van der Waals surface area contributed by atoms with Crippen molar-refractivity contribution in [3.8, 4) is 0 Å². The number of hydrogen-bond acceptors (Lipinski definition) is 3. The maximum absolute atomic E-state index is 5.71. The number of nitrogens with zero attached hydrogens (tertiary/aromatic N) is 1. The smallest absolute Gasteiger partial charge is 0.0678 e. The molecule has 1 saturated carbocycles. The summed E-state index contributed by atoms with van der Waals surface area (Å²) in [5.74, 6) is 0.993. The number of hydrogen-bond donors (Lipinski definition) is 1. The van der Waals surface area contributed by atoms with Crippen LogP contribution in [0.25, 0.3) is 0 Å². The summed E-state index contributed by atoms with van der Waals surface area (Å²) in [5, 5.41) is 3.54. The third kappa shape index (κ3) is 4.09. The monoisotopic (exact) mass is 212 g/mol. The maximum atomic E-state index is 5.71. The van der Waals surface area contributed by atoms with Crippen molar-refractivity contribution in [2.24, 2.45) is 5.92 Å². The van der Waals surface area contributed by atoms with Gasteiger partial charge >= 0.3 is 0 Å². The van der Waals surface area contributed by atoms with Crippen LogP contribution in [0.2, 0.25) is 0 Å². The molecule has 15 heavy (non-hydrogen) atoms. The Morgan fingerprint density at radius 1 is 1.20 bits per heavy atom. The Bertz CT molecular complexity index is 184. The molecule has 0 unspecified atom stereocenters. The van der Waals surface area contributed by atoms with Gasteiger partial charge in [-0.05, 0) is 39.2 Å². The van der Waals surface area contributed by atoms with Crippen molar-refractivity contribution in [3.05, 3.63) is 0 Å². The highest BCUT2D eigenvalue weighted by Crippen LogP contribution is 2.27. The summed E-state index contributed by atoms with van der Waals surface area (Å²) in [6, 6.07) is 0. The van der Waals surface area contributed by atoms with E-state index in [1.807, 2.05) is 0 Å². The Kier molecular flexibility index (Phi) is 4.00. The van der Waals surface area contributed by atoms with Crippen LogP contribution in [0.15, 0.2) is 0 Å². The van der Waals surface area contributed by atoms with Crippen molar-refractivity contribution >= 4 is 0 Å². The largest absolute Gasteiger partial charge is 0.373 e. The van der Waals surface area contributed by atoms with E-state index in [0.29, 0.717) is 12.2 Å². The second kappa shape index (κ2) is 5.28. The molecule has 0 aromatic heterocycles. The molecule has 1 saturated heterocycles. The molecule has 3 heteroatoms. The van der Waals surface area contributed by atoms with Gasteiger partial charge in [-0.2, -0.15) is 0 Å². The van der Waals surface area contributed by atoms with Gasteiger partial charge in [0.2, 0.25) is 0 Å². The average molecular weight is 212 g/mol. The lowest BCUT2D eigenvalue weighted by Gasteiger charge is -2.35. The highest BCUT2D eigenvalue weighted by molar-refractivity contribution is 4.77. The van der Waals surface area contributed by atoms with Crippen LogP contribution in [0.1, 0.15) is 26.7 Å². The Balaban J connectivity index is 1.56. The van der Waals surface area contributed by atoms with Crippen molar-refractivity contribution < 1.29 is 4.74 Å². The second-order valence-corrected chi connectivity index (χ2v) is 5.16. The van der Waals surface area contributed by atoms with Gasteiger partial charge in [-0.1, -0.05) is 0 Å².